The fourth-order valence-electron chi connectivity index (χ4n) is 3.28. The second-order valence-corrected chi connectivity index (χ2v) is 6.98. The number of benzene rings is 1. The first-order valence-corrected chi connectivity index (χ1v) is 8.31. The number of aromatic nitrogens is 3. The van der Waals surface area contributed by atoms with Crippen LogP contribution < -0.4 is 4.90 Å². The molecule has 1 aliphatic heterocycles. The molecule has 0 spiro atoms. The maximum Gasteiger partial charge on any atom is 0.159 e. The van der Waals surface area contributed by atoms with Gasteiger partial charge in [-0.25, -0.2) is 4.68 Å². The van der Waals surface area contributed by atoms with Crippen LogP contribution in [-0.4, -0.2) is 40.1 Å². The summed E-state index contributed by atoms with van der Waals surface area (Å²) in [5.74, 6) is 1.00. The zero-order chi connectivity index (χ0) is 16.7. The lowest BCUT2D eigenvalue weighted by Gasteiger charge is -2.42. The van der Waals surface area contributed by atoms with Crippen molar-refractivity contribution in [2.24, 2.45) is 0 Å². The first kappa shape index (κ1) is 15.1. The maximum absolute atomic E-state index is 5.66. The topological polar surface area (TPSA) is 43.2 Å². The van der Waals surface area contributed by atoms with Crippen LogP contribution in [0.5, 0.6) is 0 Å². The SMILES string of the molecule is Cc1ccc(-n2nc(N3CCOCC3(C)C)c3ccncc32)cc1. The third-order valence-electron chi connectivity index (χ3n) is 4.64. The van der Waals surface area contributed by atoms with E-state index >= 15 is 0 Å². The van der Waals surface area contributed by atoms with E-state index in [1.165, 1.54) is 5.56 Å². The summed E-state index contributed by atoms with van der Waals surface area (Å²) >= 11 is 0. The zero-order valence-corrected chi connectivity index (χ0v) is 14.4. The van der Waals surface area contributed by atoms with Crippen molar-refractivity contribution in [2.75, 3.05) is 24.7 Å². The molecule has 5 heteroatoms. The van der Waals surface area contributed by atoms with E-state index in [1.807, 2.05) is 23.1 Å². The number of ether oxygens (including phenoxy) is 1. The standard InChI is InChI=1S/C19H22N4O/c1-14-4-6-15(7-5-14)23-17-12-20-9-8-16(17)18(21-23)22-10-11-24-13-19(22,2)3/h4-9,12H,10-11,13H2,1-3H3. The second kappa shape index (κ2) is 5.60. The minimum atomic E-state index is -0.0824. The summed E-state index contributed by atoms with van der Waals surface area (Å²) < 4.78 is 7.65. The minimum absolute atomic E-state index is 0.0824. The Labute approximate surface area is 141 Å². The number of hydrogen-bond donors (Lipinski definition) is 0. The van der Waals surface area contributed by atoms with Gasteiger partial charge in [0.2, 0.25) is 0 Å². The van der Waals surface area contributed by atoms with E-state index in [-0.39, 0.29) is 5.54 Å². The predicted molar refractivity (Wildman–Crippen MR) is 95.8 cm³/mol. The Bertz CT molecular complexity index is 867. The number of aryl methyl sites for hydroxylation is 1. The molecule has 0 radical (unpaired) electrons. The number of anilines is 1. The highest BCUT2D eigenvalue weighted by atomic mass is 16.5. The zero-order valence-electron chi connectivity index (χ0n) is 14.4. The molecule has 3 heterocycles. The van der Waals surface area contributed by atoms with Crippen molar-refractivity contribution < 1.29 is 4.74 Å². The van der Waals surface area contributed by atoms with Crippen molar-refractivity contribution in [3.63, 3.8) is 0 Å². The fourth-order valence-corrected chi connectivity index (χ4v) is 3.28. The number of pyridine rings is 1. The van der Waals surface area contributed by atoms with Gasteiger partial charge >= 0.3 is 0 Å². The molecule has 1 saturated heterocycles. The quantitative estimate of drug-likeness (QED) is 0.726. The molecule has 4 rings (SSSR count). The molecule has 5 nitrogen and oxygen atoms in total. The number of fused-ring (bicyclic) bond motifs is 1. The van der Waals surface area contributed by atoms with E-state index in [4.69, 9.17) is 9.84 Å². The van der Waals surface area contributed by atoms with Gasteiger partial charge in [0.15, 0.2) is 5.82 Å². The highest BCUT2D eigenvalue weighted by Gasteiger charge is 2.33. The van der Waals surface area contributed by atoms with Gasteiger partial charge in [-0.3, -0.25) is 4.98 Å². The van der Waals surface area contributed by atoms with Gasteiger partial charge in [0.1, 0.15) is 0 Å². The Morgan fingerprint density at radius 2 is 1.92 bits per heavy atom. The Kier molecular flexibility index (Phi) is 3.53. The Balaban J connectivity index is 1.90. The predicted octanol–water partition coefficient (Wildman–Crippen LogP) is 3.34. The van der Waals surface area contributed by atoms with Gasteiger partial charge in [-0.15, -0.1) is 5.10 Å². The van der Waals surface area contributed by atoms with Crippen LogP contribution in [0.4, 0.5) is 5.82 Å². The molecular weight excluding hydrogens is 300 g/mol. The number of nitrogens with zero attached hydrogens (tertiary/aromatic N) is 4. The molecule has 1 fully saturated rings. The molecule has 1 aliphatic rings. The van der Waals surface area contributed by atoms with Crippen molar-refractivity contribution in [1.82, 2.24) is 14.8 Å². The van der Waals surface area contributed by atoms with Crippen molar-refractivity contribution >= 4 is 16.7 Å². The Morgan fingerprint density at radius 3 is 2.67 bits per heavy atom. The largest absolute Gasteiger partial charge is 0.377 e. The van der Waals surface area contributed by atoms with Gasteiger partial charge in [-0.2, -0.15) is 0 Å². The molecule has 0 amide bonds. The van der Waals surface area contributed by atoms with Gasteiger partial charge in [0.25, 0.3) is 0 Å². The summed E-state index contributed by atoms with van der Waals surface area (Å²) in [4.78, 5) is 6.66. The summed E-state index contributed by atoms with van der Waals surface area (Å²) in [7, 11) is 0. The summed E-state index contributed by atoms with van der Waals surface area (Å²) in [6.45, 7) is 8.77. The number of hydrogen-bond acceptors (Lipinski definition) is 4. The molecule has 0 aliphatic carbocycles. The van der Waals surface area contributed by atoms with Crippen LogP contribution >= 0.6 is 0 Å². The van der Waals surface area contributed by atoms with E-state index in [0.29, 0.717) is 6.61 Å². The smallest absolute Gasteiger partial charge is 0.159 e. The van der Waals surface area contributed by atoms with Gasteiger partial charge < -0.3 is 9.64 Å². The average molecular weight is 322 g/mol. The molecular formula is C19H22N4O. The number of rotatable bonds is 2. The van der Waals surface area contributed by atoms with Gasteiger partial charge in [-0.05, 0) is 39.0 Å². The third-order valence-corrected chi connectivity index (χ3v) is 4.64. The van der Waals surface area contributed by atoms with E-state index in [1.54, 1.807) is 0 Å². The molecule has 3 aromatic rings. The molecule has 0 bridgehead atoms. The lowest BCUT2D eigenvalue weighted by atomic mass is 10.0. The lowest BCUT2D eigenvalue weighted by molar-refractivity contribution is 0.0640. The summed E-state index contributed by atoms with van der Waals surface area (Å²) in [5.41, 5.74) is 3.23. The normalized spacial score (nSPS) is 17.4. The minimum Gasteiger partial charge on any atom is -0.377 e. The third kappa shape index (κ3) is 2.45. The molecule has 2 aromatic heterocycles. The molecule has 1 aromatic carbocycles. The summed E-state index contributed by atoms with van der Waals surface area (Å²) in [5, 5.41) is 6.08. The molecule has 0 unspecified atom stereocenters. The lowest BCUT2D eigenvalue weighted by Crippen LogP contribution is -2.53. The van der Waals surface area contributed by atoms with Crippen LogP contribution in [-0.2, 0) is 4.74 Å². The van der Waals surface area contributed by atoms with Crippen LogP contribution in [0, 0.1) is 6.92 Å². The molecule has 0 saturated carbocycles. The summed E-state index contributed by atoms with van der Waals surface area (Å²) in [6, 6.07) is 10.5. The Hall–Kier alpha value is -2.40. The molecule has 24 heavy (non-hydrogen) atoms. The first-order valence-electron chi connectivity index (χ1n) is 8.31. The van der Waals surface area contributed by atoms with Crippen LogP contribution in [0.2, 0.25) is 0 Å². The molecule has 124 valence electrons. The first-order chi connectivity index (χ1) is 11.6. The molecule has 0 atom stereocenters. The highest BCUT2D eigenvalue weighted by Crippen LogP contribution is 2.33. The monoisotopic (exact) mass is 322 g/mol. The van der Waals surface area contributed by atoms with E-state index in [2.05, 4.69) is 54.9 Å². The summed E-state index contributed by atoms with van der Waals surface area (Å²) in [6.07, 6.45) is 3.72. The van der Waals surface area contributed by atoms with E-state index in [0.717, 1.165) is 35.6 Å². The van der Waals surface area contributed by atoms with Crippen molar-refractivity contribution in [1.29, 1.82) is 0 Å². The van der Waals surface area contributed by atoms with Crippen LogP contribution in [0.1, 0.15) is 19.4 Å². The van der Waals surface area contributed by atoms with Crippen molar-refractivity contribution in [3.8, 4) is 5.69 Å². The second-order valence-electron chi connectivity index (χ2n) is 6.98. The highest BCUT2D eigenvalue weighted by molar-refractivity contribution is 5.91. The van der Waals surface area contributed by atoms with Crippen molar-refractivity contribution in [2.45, 2.75) is 26.3 Å². The van der Waals surface area contributed by atoms with Gasteiger partial charge in [0, 0.05) is 18.1 Å². The van der Waals surface area contributed by atoms with Gasteiger partial charge in [-0.1, -0.05) is 17.7 Å². The average Bonchev–Trinajstić information content (AvgIpc) is 2.95. The Morgan fingerprint density at radius 1 is 1.12 bits per heavy atom. The maximum atomic E-state index is 5.66. The van der Waals surface area contributed by atoms with Crippen LogP contribution in [0.25, 0.3) is 16.6 Å². The fraction of sp³-hybridized carbons (Fsp3) is 0.368. The van der Waals surface area contributed by atoms with Crippen LogP contribution in [0.3, 0.4) is 0 Å². The number of morpholine rings is 1. The van der Waals surface area contributed by atoms with E-state index in [9.17, 15) is 0 Å². The van der Waals surface area contributed by atoms with Gasteiger partial charge in [0.05, 0.1) is 36.2 Å². The van der Waals surface area contributed by atoms with Crippen molar-refractivity contribution in [3.05, 3.63) is 48.3 Å². The van der Waals surface area contributed by atoms with E-state index < -0.39 is 0 Å². The van der Waals surface area contributed by atoms with Crippen LogP contribution in [0.15, 0.2) is 42.7 Å². The molecule has 0 N–H and O–H groups in total.